The molecule has 2 N–H and O–H groups in total. The molecule has 0 spiro atoms. The zero-order valence-electron chi connectivity index (χ0n) is 12.8. The van der Waals surface area contributed by atoms with Crippen LogP contribution in [-0.2, 0) is 14.4 Å². The second-order valence-electron chi connectivity index (χ2n) is 3.02. The van der Waals surface area contributed by atoms with Gasteiger partial charge in [0.25, 0.3) is 0 Å². The molecule has 0 aliphatic carbocycles. The Kier molecular flexibility index (Phi) is 26.1. The highest BCUT2D eigenvalue weighted by atomic mass is 16.6. The minimum absolute atomic E-state index is 0.0119. The number of rotatable bonds is 7. The van der Waals surface area contributed by atoms with Crippen LogP contribution in [0.15, 0.2) is 0 Å². The van der Waals surface area contributed by atoms with Crippen LogP contribution in [0.3, 0.4) is 0 Å². The zero-order valence-corrected chi connectivity index (χ0v) is 12.8. The van der Waals surface area contributed by atoms with E-state index in [4.69, 9.17) is 0 Å². The van der Waals surface area contributed by atoms with E-state index in [0.29, 0.717) is 13.0 Å². The van der Waals surface area contributed by atoms with E-state index in [-0.39, 0.29) is 11.8 Å². The molecule has 0 atom stereocenters. The molecule has 0 aliphatic rings. The Hall–Kier alpha value is -1.10. The molecule has 0 aromatic carbocycles. The Balaban J connectivity index is -0.000000506. The molecule has 0 aliphatic heterocycles. The summed E-state index contributed by atoms with van der Waals surface area (Å²) in [5, 5.41) is 2.69. The first-order valence-corrected chi connectivity index (χ1v) is 6.73. The summed E-state index contributed by atoms with van der Waals surface area (Å²) in [7, 11) is 1.41. The standard InChI is InChI=1S/C9H18N2O3.2C2H6/c1-8(12)10-7-5-3-4-6-9(13)11-14-2;2*1-2/h3-7H2,1-2H3,(H,10,12)(H,11,13);2*1-2H3. The van der Waals surface area contributed by atoms with Crippen molar-refractivity contribution in [2.75, 3.05) is 13.7 Å². The van der Waals surface area contributed by atoms with Gasteiger partial charge < -0.3 is 5.32 Å². The van der Waals surface area contributed by atoms with Gasteiger partial charge in [0.2, 0.25) is 11.8 Å². The van der Waals surface area contributed by atoms with Crippen LogP contribution in [0, 0.1) is 0 Å². The molecule has 0 fully saturated rings. The van der Waals surface area contributed by atoms with Gasteiger partial charge in [0.1, 0.15) is 0 Å². The van der Waals surface area contributed by atoms with E-state index in [1.165, 1.54) is 14.0 Å². The Labute approximate surface area is 112 Å². The molecule has 0 unspecified atom stereocenters. The maximum atomic E-state index is 10.9. The van der Waals surface area contributed by atoms with Gasteiger partial charge in [-0.15, -0.1) is 0 Å². The van der Waals surface area contributed by atoms with Crippen molar-refractivity contribution in [3.8, 4) is 0 Å². The van der Waals surface area contributed by atoms with Gasteiger partial charge in [-0.2, -0.15) is 0 Å². The molecule has 5 heteroatoms. The van der Waals surface area contributed by atoms with Crippen LogP contribution in [0.2, 0.25) is 0 Å². The van der Waals surface area contributed by atoms with Crippen LogP contribution in [-0.4, -0.2) is 25.5 Å². The van der Waals surface area contributed by atoms with Crippen molar-refractivity contribution in [3.05, 3.63) is 0 Å². The lowest BCUT2D eigenvalue weighted by Gasteiger charge is -2.02. The van der Waals surface area contributed by atoms with Gasteiger partial charge >= 0.3 is 0 Å². The number of hydrogen-bond acceptors (Lipinski definition) is 3. The zero-order chi connectivity index (χ0) is 14.8. The summed E-state index contributed by atoms with van der Waals surface area (Å²) in [6.45, 7) is 10.2. The molecule has 2 amide bonds. The van der Waals surface area contributed by atoms with Crippen LogP contribution in [0.1, 0.15) is 60.3 Å². The molecule has 5 nitrogen and oxygen atoms in total. The van der Waals surface area contributed by atoms with Gasteiger partial charge in [0.15, 0.2) is 0 Å². The Morgan fingerprint density at radius 1 is 1.00 bits per heavy atom. The summed E-state index contributed by atoms with van der Waals surface area (Å²) >= 11 is 0. The third-order valence-electron chi connectivity index (χ3n) is 1.67. The monoisotopic (exact) mass is 262 g/mol. The topological polar surface area (TPSA) is 67.4 Å². The van der Waals surface area contributed by atoms with E-state index in [0.717, 1.165) is 19.3 Å². The normalized spacial score (nSPS) is 8.11. The molecule has 0 radical (unpaired) electrons. The van der Waals surface area contributed by atoms with Crippen molar-refractivity contribution >= 4 is 11.8 Å². The highest BCUT2D eigenvalue weighted by Gasteiger charge is 1.99. The fourth-order valence-corrected chi connectivity index (χ4v) is 1.02. The van der Waals surface area contributed by atoms with Crippen molar-refractivity contribution in [2.24, 2.45) is 0 Å². The van der Waals surface area contributed by atoms with Crippen molar-refractivity contribution in [1.29, 1.82) is 0 Å². The second-order valence-corrected chi connectivity index (χ2v) is 3.02. The van der Waals surface area contributed by atoms with Crippen LogP contribution in [0.25, 0.3) is 0 Å². The predicted molar refractivity (Wildman–Crippen MR) is 75.0 cm³/mol. The fraction of sp³-hybridized carbons (Fsp3) is 0.846. The maximum absolute atomic E-state index is 10.9. The van der Waals surface area contributed by atoms with E-state index < -0.39 is 0 Å². The average Bonchev–Trinajstić information content (AvgIpc) is 2.38. The van der Waals surface area contributed by atoms with Crippen molar-refractivity contribution in [1.82, 2.24) is 10.8 Å². The van der Waals surface area contributed by atoms with Gasteiger partial charge in [-0.25, -0.2) is 5.48 Å². The first-order valence-electron chi connectivity index (χ1n) is 6.73. The van der Waals surface area contributed by atoms with E-state index in [1.807, 2.05) is 27.7 Å². The molecule has 0 bridgehead atoms. The summed E-state index contributed by atoms with van der Waals surface area (Å²) in [6, 6.07) is 0. The van der Waals surface area contributed by atoms with Crippen molar-refractivity contribution in [3.63, 3.8) is 0 Å². The number of unbranched alkanes of at least 4 members (excludes halogenated alkanes) is 2. The Bertz CT molecular complexity index is 185. The number of amides is 2. The molecule has 18 heavy (non-hydrogen) atoms. The molecular weight excluding hydrogens is 232 g/mol. The van der Waals surface area contributed by atoms with Crippen molar-refractivity contribution < 1.29 is 14.4 Å². The van der Waals surface area contributed by atoms with Crippen LogP contribution in [0.5, 0.6) is 0 Å². The summed E-state index contributed by atoms with van der Waals surface area (Å²) in [5.74, 6) is -0.117. The number of carbonyl (C=O) groups excluding carboxylic acids is 2. The molecule has 0 rings (SSSR count). The number of nitrogens with one attached hydrogen (secondary N) is 2. The van der Waals surface area contributed by atoms with Crippen LogP contribution < -0.4 is 10.8 Å². The minimum Gasteiger partial charge on any atom is -0.356 e. The quantitative estimate of drug-likeness (QED) is 0.547. The van der Waals surface area contributed by atoms with E-state index in [2.05, 4.69) is 15.6 Å². The first-order chi connectivity index (χ1) is 8.66. The molecular formula is C13H30N2O3. The lowest BCUT2D eigenvalue weighted by Crippen LogP contribution is -2.22. The third-order valence-corrected chi connectivity index (χ3v) is 1.67. The van der Waals surface area contributed by atoms with Crippen LogP contribution in [0.4, 0.5) is 0 Å². The van der Waals surface area contributed by atoms with E-state index in [9.17, 15) is 9.59 Å². The molecule has 0 heterocycles. The largest absolute Gasteiger partial charge is 0.356 e. The molecule has 0 aromatic rings. The van der Waals surface area contributed by atoms with Gasteiger partial charge in [0, 0.05) is 19.9 Å². The Morgan fingerprint density at radius 3 is 2.00 bits per heavy atom. The van der Waals surface area contributed by atoms with Gasteiger partial charge in [-0.05, 0) is 12.8 Å². The molecule has 0 saturated heterocycles. The number of hydrogen-bond donors (Lipinski definition) is 2. The summed E-state index contributed by atoms with van der Waals surface area (Å²) in [6.07, 6.45) is 3.11. The summed E-state index contributed by atoms with van der Waals surface area (Å²) < 4.78 is 0. The van der Waals surface area contributed by atoms with Gasteiger partial charge in [-0.3, -0.25) is 14.4 Å². The number of hydroxylamine groups is 1. The summed E-state index contributed by atoms with van der Waals surface area (Å²) in [5.41, 5.74) is 2.25. The number of carbonyl (C=O) groups is 2. The highest BCUT2D eigenvalue weighted by molar-refractivity contribution is 5.74. The smallest absolute Gasteiger partial charge is 0.243 e. The summed E-state index contributed by atoms with van der Waals surface area (Å²) in [4.78, 5) is 25.8. The lowest BCUT2D eigenvalue weighted by molar-refractivity contribution is -0.131. The highest BCUT2D eigenvalue weighted by Crippen LogP contribution is 1.98. The second kappa shape index (κ2) is 21.2. The Morgan fingerprint density at radius 2 is 1.56 bits per heavy atom. The lowest BCUT2D eigenvalue weighted by atomic mass is 10.2. The third kappa shape index (κ3) is 24.2. The average molecular weight is 262 g/mol. The van der Waals surface area contributed by atoms with Gasteiger partial charge in [-0.1, -0.05) is 34.1 Å². The molecule has 110 valence electrons. The van der Waals surface area contributed by atoms with Crippen LogP contribution >= 0.6 is 0 Å². The predicted octanol–water partition coefficient (Wildman–Crippen LogP) is 2.41. The molecule has 0 aromatic heterocycles. The van der Waals surface area contributed by atoms with E-state index >= 15 is 0 Å². The maximum Gasteiger partial charge on any atom is 0.243 e. The SMILES string of the molecule is CC.CC.CONC(=O)CCCCCNC(C)=O. The molecule has 0 saturated carbocycles. The fourth-order valence-electron chi connectivity index (χ4n) is 1.02. The minimum atomic E-state index is -0.105. The van der Waals surface area contributed by atoms with Gasteiger partial charge in [0.05, 0.1) is 7.11 Å². The first kappa shape index (κ1) is 22.1. The van der Waals surface area contributed by atoms with E-state index in [1.54, 1.807) is 0 Å². The van der Waals surface area contributed by atoms with Crippen molar-refractivity contribution in [2.45, 2.75) is 60.3 Å².